The molecule has 1 unspecified atom stereocenters. The smallest absolute Gasteiger partial charge is 0.313 e. The van der Waals surface area contributed by atoms with Crippen molar-refractivity contribution >= 4 is 33.3 Å². The lowest BCUT2D eigenvalue weighted by Crippen LogP contribution is -2.33. The number of hydrogen-bond acceptors (Lipinski definition) is 6. The van der Waals surface area contributed by atoms with E-state index in [-0.39, 0.29) is 5.97 Å². The standard InChI is InChI=1S/C19H19N3O2S/c1-19(18(23)24-2)8-9-22(11-19)16-14-10-15(13-6-4-3-5-7-13)25-17(14)21-12-20-16/h3-7,10,12H,8-9,11H2,1-2H3. The Morgan fingerprint density at radius 2 is 2.08 bits per heavy atom. The highest BCUT2D eigenvalue weighted by Crippen LogP contribution is 2.39. The molecule has 1 aliphatic rings. The molecule has 1 aliphatic heterocycles. The predicted octanol–water partition coefficient (Wildman–Crippen LogP) is 3.75. The topological polar surface area (TPSA) is 55.3 Å². The summed E-state index contributed by atoms with van der Waals surface area (Å²) < 4.78 is 4.97. The average molecular weight is 353 g/mol. The molecule has 1 atom stereocenters. The summed E-state index contributed by atoms with van der Waals surface area (Å²) in [6, 6.07) is 12.4. The van der Waals surface area contributed by atoms with Gasteiger partial charge in [0.15, 0.2) is 0 Å². The van der Waals surface area contributed by atoms with Crippen LogP contribution in [0.25, 0.3) is 20.7 Å². The average Bonchev–Trinajstić information content (AvgIpc) is 3.26. The van der Waals surface area contributed by atoms with Gasteiger partial charge in [0, 0.05) is 18.0 Å². The number of benzene rings is 1. The summed E-state index contributed by atoms with van der Waals surface area (Å²) in [5.41, 5.74) is 0.696. The fraction of sp³-hybridized carbons (Fsp3) is 0.316. The van der Waals surface area contributed by atoms with Gasteiger partial charge in [-0.3, -0.25) is 4.79 Å². The summed E-state index contributed by atoms with van der Waals surface area (Å²) in [6.07, 6.45) is 2.37. The van der Waals surface area contributed by atoms with Crippen molar-refractivity contribution in [2.24, 2.45) is 5.41 Å². The summed E-state index contributed by atoms with van der Waals surface area (Å²) in [6.45, 7) is 3.36. The molecule has 0 N–H and O–H groups in total. The number of ether oxygens (including phenoxy) is 1. The molecule has 0 spiro atoms. The molecule has 0 aliphatic carbocycles. The number of esters is 1. The van der Waals surface area contributed by atoms with E-state index in [0.717, 1.165) is 29.0 Å². The third-order valence-electron chi connectivity index (χ3n) is 4.82. The molecule has 5 nitrogen and oxygen atoms in total. The largest absolute Gasteiger partial charge is 0.469 e. The molecular weight excluding hydrogens is 334 g/mol. The number of nitrogens with zero attached hydrogens (tertiary/aromatic N) is 3. The van der Waals surface area contributed by atoms with Crippen LogP contribution in [0, 0.1) is 5.41 Å². The molecule has 3 aromatic rings. The van der Waals surface area contributed by atoms with Crippen molar-refractivity contribution in [1.29, 1.82) is 0 Å². The minimum absolute atomic E-state index is 0.157. The van der Waals surface area contributed by atoms with Crippen LogP contribution in [0.15, 0.2) is 42.7 Å². The molecule has 128 valence electrons. The number of methoxy groups -OCH3 is 1. The minimum atomic E-state index is -0.482. The van der Waals surface area contributed by atoms with Crippen molar-refractivity contribution in [3.63, 3.8) is 0 Å². The van der Waals surface area contributed by atoms with Crippen LogP contribution in [-0.2, 0) is 9.53 Å². The highest BCUT2D eigenvalue weighted by molar-refractivity contribution is 7.21. The monoisotopic (exact) mass is 353 g/mol. The van der Waals surface area contributed by atoms with Crippen molar-refractivity contribution < 1.29 is 9.53 Å². The molecular formula is C19H19N3O2S. The summed E-state index contributed by atoms with van der Waals surface area (Å²) in [5.74, 6) is 0.742. The third kappa shape index (κ3) is 2.76. The Bertz CT molecular complexity index is 925. The molecule has 1 saturated heterocycles. The number of carbonyl (C=O) groups is 1. The van der Waals surface area contributed by atoms with E-state index in [0.29, 0.717) is 6.54 Å². The second-order valence-corrected chi connectivity index (χ2v) is 7.65. The molecule has 0 amide bonds. The Kier molecular flexibility index (Phi) is 3.92. The van der Waals surface area contributed by atoms with Crippen LogP contribution in [-0.4, -0.2) is 36.1 Å². The Hall–Kier alpha value is -2.47. The maximum atomic E-state index is 12.1. The fourth-order valence-electron chi connectivity index (χ4n) is 3.39. The SMILES string of the molecule is COC(=O)C1(C)CCN(c2ncnc3sc(-c4ccccc4)cc23)C1. The number of thiophene rings is 1. The zero-order valence-electron chi connectivity index (χ0n) is 14.2. The van der Waals surface area contributed by atoms with Gasteiger partial charge >= 0.3 is 5.97 Å². The maximum absolute atomic E-state index is 12.1. The van der Waals surface area contributed by atoms with E-state index < -0.39 is 5.41 Å². The Morgan fingerprint density at radius 3 is 2.84 bits per heavy atom. The summed E-state index contributed by atoms with van der Waals surface area (Å²) in [7, 11) is 1.45. The predicted molar refractivity (Wildman–Crippen MR) is 99.8 cm³/mol. The quantitative estimate of drug-likeness (QED) is 0.671. The second-order valence-electron chi connectivity index (χ2n) is 6.62. The van der Waals surface area contributed by atoms with Gasteiger partial charge in [-0.1, -0.05) is 30.3 Å². The molecule has 1 aromatic carbocycles. The molecule has 2 aromatic heterocycles. The van der Waals surface area contributed by atoms with Crippen LogP contribution in [0.3, 0.4) is 0 Å². The summed E-state index contributed by atoms with van der Waals surface area (Å²) in [4.78, 5) is 25.3. The number of hydrogen-bond donors (Lipinski definition) is 0. The van der Waals surface area contributed by atoms with Gasteiger partial charge in [0.2, 0.25) is 0 Å². The number of anilines is 1. The van der Waals surface area contributed by atoms with Crippen LogP contribution >= 0.6 is 11.3 Å². The van der Waals surface area contributed by atoms with Crippen LogP contribution in [0.2, 0.25) is 0 Å². The van der Waals surface area contributed by atoms with Gasteiger partial charge in [0.25, 0.3) is 0 Å². The van der Waals surface area contributed by atoms with Crippen molar-refractivity contribution in [2.75, 3.05) is 25.1 Å². The first-order chi connectivity index (χ1) is 12.1. The normalized spacial score (nSPS) is 20.2. The number of aromatic nitrogens is 2. The third-order valence-corrected chi connectivity index (χ3v) is 5.91. The first kappa shape index (κ1) is 16.0. The molecule has 0 saturated carbocycles. The van der Waals surface area contributed by atoms with Crippen molar-refractivity contribution in [1.82, 2.24) is 9.97 Å². The Morgan fingerprint density at radius 1 is 1.28 bits per heavy atom. The fourth-order valence-corrected chi connectivity index (χ4v) is 4.39. The van der Waals surface area contributed by atoms with Crippen molar-refractivity contribution in [2.45, 2.75) is 13.3 Å². The van der Waals surface area contributed by atoms with Crippen LogP contribution in [0.4, 0.5) is 5.82 Å². The first-order valence-electron chi connectivity index (χ1n) is 8.24. The Balaban J connectivity index is 1.72. The molecule has 3 heterocycles. The maximum Gasteiger partial charge on any atom is 0.313 e. The van der Waals surface area contributed by atoms with E-state index in [1.165, 1.54) is 17.6 Å². The van der Waals surface area contributed by atoms with Crippen molar-refractivity contribution in [3.05, 3.63) is 42.7 Å². The molecule has 6 heteroatoms. The highest BCUT2D eigenvalue weighted by atomic mass is 32.1. The van der Waals surface area contributed by atoms with Crippen LogP contribution in [0.1, 0.15) is 13.3 Å². The van der Waals surface area contributed by atoms with E-state index >= 15 is 0 Å². The van der Waals surface area contributed by atoms with E-state index in [1.807, 2.05) is 25.1 Å². The zero-order valence-corrected chi connectivity index (χ0v) is 15.0. The molecule has 1 fully saturated rings. The van der Waals surface area contributed by atoms with E-state index in [4.69, 9.17) is 4.74 Å². The second kappa shape index (κ2) is 6.11. The number of fused-ring (bicyclic) bond motifs is 1. The zero-order chi connectivity index (χ0) is 17.4. The van der Waals surface area contributed by atoms with Gasteiger partial charge in [-0.05, 0) is 25.0 Å². The highest BCUT2D eigenvalue weighted by Gasteiger charge is 2.42. The first-order valence-corrected chi connectivity index (χ1v) is 9.06. The summed E-state index contributed by atoms with van der Waals surface area (Å²) >= 11 is 1.66. The molecule has 4 rings (SSSR count). The lowest BCUT2D eigenvalue weighted by molar-refractivity contribution is -0.150. The van der Waals surface area contributed by atoms with Gasteiger partial charge < -0.3 is 9.64 Å². The van der Waals surface area contributed by atoms with Gasteiger partial charge in [-0.2, -0.15) is 0 Å². The molecule has 0 bridgehead atoms. The Labute approximate surface area is 150 Å². The van der Waals surface area contributed by atoms with Crippen molar-refractivity contribution in [3.8, 4) is 10.4 Å². The molecule has 0 radical (unpaired) electrons. The van der Waals surface area contributed by atoms with Gasteiger partial charge in [-0.25, -0.2) is 9.97 Å². The lowest BCUT2D eigenvalue weighted by Gasteiger charge is -2.22. The molecule has 25 heavy (non-hydrogen) atoms. The van der Waals surface area contributed by atoms with E-state index in [9.17, 15) is 4.79 Å². The van der Waals surface area contributed by atoms with Gasteiger partial charge in [0.05, 0.1) is 17.9 Å². The van der Waals surface area contributed by atoms with Gasteiger partial charge in [0.1, 0.15) is 17.0 Å². The summed E-state index contributed by atoms with van der Waals surface area (Å²) in [5, 5.41) is 1.04. The minimum Gasteiger partial charge on any atom is -0.469 e. The van der Waals surface area contributed by atoms with E-state index in [2.05, 4.69) is 33.1 Å². The van der Waals surface area contributed by atoms with Crippen LogP contribution in [0.5, 0.6) is 0 Å². The number of rotatable bonds is 3. The van der Waals surface area contributed by atoms with Gasteiger partial charge in [-0.15, -0.1) is 11.3 Å². The van der Waals surface area contributed by atoms with Crippen LogP contribution < -0.4 is 4.90 Å². The lowest BCUT2D eigenvalue weighted by atomic mass is 9.90. The number of carbonyl (C=O) groups excluding carboxylic acids is 1. The van der Waals surface area contributed by atoms with E-state index in [1.54, 1.807) is 17.7 Å².